The molecule has 3 N–H and O–H groups in total. The van der Waals surface area contributed by atoms with E-state index >= 15 is 0 Å². The van der Waals surface area contributed by atoms with Crippen molar-refractivity contribution in [2.24, 2.45) is 0 Å². The fourth-order valence-corrected chi connectivity index (χ4v) is 1.55. The Kier molecular flexibility index (Phi) is 6.37. The molecule has 7 nitrogen and oxygen atoms in total. The molecule has 0 aliphatic carbocycles. The lowest BCUT2D eigenvalue weighted by Gasteiger charge is -2.09. The molecule has 1 aromatic rings. The van der Waals surface area contributed by atoms with Gasteiger partial charge in [0, 0.05) is 6.04 Å². The maximum Gasteiger partial charge on any atom is 0.338 e. The van der Waals surface area contributed by atoms with Crippen LogP contribution >= 0.6 is 0 Å². The third kappa shape index (κ3) is 5.82. The Morgan fingerprint density at radius 2 is 1.91 bits per heavy atom. The van der Waals surface area contributed by atoms with Crippen LogP contribution in [-0.2, 0) is 14.3 Å². The average molecular weight is 308 g/mol. The fraction of sp³-hybridized carbons (Fsp3) is 0.400. The summed E-state index contributed by atoms with van der Waals surface area (Å²) in [6.07, 6.45) is 0. The summed E-state index contributed by atoms with van der Waals surface area (Å²) in [6, 6.07) is 4.32. The summed E-state index contributed by atoms with van der Waals surface area (Å²) in [5, 5.41) is 14.5. The Labute approximate surface area is 128 Å². The minimum absolute atomic E-state index is 0.0172. The maximum absolute atomic E-state index is 11.7. The van der Waals surface area contributed by atoms with Gasteiger partial charge < -0.3 is 20.5 Å². The maximum atomic E-state index is 11.7. The molecule has 0 radical (unpaired) electrons. The van der Waals surface area contributed by atoms with Gasteiger partial charge in [-0.2, -0.15) is 0 Å². The summed E-state index contributed by atoms with van der Waals surface area (Å²) in [5.74, 6) is -1.65. The fourth-order valence-electron chi connectivity index (χ4n) is 1.55. The number of phenols is 1. The Balaban J connectivity index is 2.38. The lowest BCUT2D eigenvalue weighted by atomic mass is 10.1. The van der Waals surface area contributed by atoms with E-state index in [0.29, 0.717) is 5.56 Å². The first kappa shape index (κ1) is 17.5. The third-order valence-corrected chi connectivity index (χ3v) is 2.67. The molecule has 120 valence electrons. The summed E-state index contributed by atoms with van der Waals surface area (Å²) < 4.78 is 4.80. The number of benzene rings is 1. The van der Waals surface area contributed by atoms with E-state index in [1.54, 1.807) is 26.8 Å². The highest BCUT2D eigenvalue weighted by Gasteiger charge is 2.12. The average Bonchev–Trinajstić information content (AvgIpc) is 2.44. The minimum Gasteiger partial charge on any atom is -0.508 e. The molecule has 22 heavy (non-hydrogen) atoms. The number of amides is 2. The predicted molar refractivity (Wildman–Crippen MR) is 79.4 cm³/mol. The van der Waals surface area contributed by atoms with Crippen molar-refractivity contribution in [3.8, 4) is 5.75 Å². The molecule has 0 atom stereocenters. The molecule has 0 saturated heterocycles. The molecule has 0 unspecified atom stereocenters. The number of phenolic OH excluding ortho intramolecular Hbond substituents is 1. The van der Waals surface area contributed by atoms with Crippen LogP contribution in [0.2, 0.25) is 0 Å². The van der Waals surface area contributed by atoms with Crippen molar-refractivity contribution in [3.63, 3.8) is 0 Å². The van der Waals surface area contributed by atoms with Crippen LogP contribution in [0, 0.1) is 6.92 Å². The number of hydrogen-bond acceptors (Lipinski definition) is 5. The molecular weight excluding hydrogens is 288 g/mol. The van der Waals surface area contributed by atoms with Gasteiger partial charge in [-0.05, 0) is 38.5 Å². The Bertz CT molecular complexity index is 569. The van der Waals surface area contributed by atoms with E-state index < -0.39 is 18.5 Å². The van der Waals surface area contributed by atoms with Crippen LogP contribution < -0.4 is 10.6 Å². The van der Waals surface area contributed by atoms with Crippen LogP contribution in [0.3, 0.4) is 0 Å². The largest absolute Gasteiger partial charge is 0.508 e. The van der Waals surface area contributed by atoms with Gasteiger partial charge >= 0.3 is 5.97 Å². The highest BCUT2D eigenvalue weighted by molar-refractivity contribution is 5.92. The van der Waals surface area contributed by atoms with Crippen molar-refractivity contribution in [1.82, 2.24) is 10.6 Å². The first-order valence-electron chi connectivity index (χ1n) is 6.82. The molecule has 1 aromatic carbocycles. The smallest absolute Gasteiger partial charge is 0.338 e. The van der Waals surface area contributed by atoms with Crippen molar-refractivity contribution in [2.45, 2.75) is 26.8 Å². The standard InChI is InChI=1S/C15H20N2O5/c1-9(2)17-13(19)7-16-14(20)8-22-15(21)11-5-4-10(3)12(18)6-11/h4-6,9,18H,7-8H2,1-3H3,(H,16,20)(H,17,19). The number of carbonyl (C=O) groups is 3. The highest BCUT2D eigenvalue weighted by atomic mass is 16.5. The number of ether oxygens (including phenoxy) is 1. The van der Waals surface area contributed by atoms with Crippen LogP contribution in [0.15, 0.2) is 18.2 Å². The second kappa shape index (κ2) is 8.02. The van der Waals surface area contributed by atoms with Crippen LogP contribution in [0.5, 0.6) is 5.75 Å². The molecule has 2 amide bonds. The van der Waals surface area contributed by atoms with Gasteiger partial charge in [0.05, 0.1) is 12.1 Å². The summed E-state index contributed by atoms with van der Waals surface area (Å²) in [7, 11) is 0. The first-order chi connectivity index (χ1) is 10.3. The second-order valence-corrected chi connectivity index (χ2v) is 5.08. The van der Waals surface area contributed by atoms with Gasteiger partial charge in [0.1, 0.15) is 5.75 Å². The Morgan fingerprint density at radius 1 is 1.23 bits per heavy atom. The second-order valence-electron chi connectivity index (χ2n) is 5.08. The lowest BCUT2D eigenvalue weighted by Crippen LogP contribution is -2.41. The summed E-state index contributed by atoms with van der Waals surface area (Å²) in [6.45, 7) is 4.62. The predicted octanol–water partition coefficient (Wildman–Crippen LogP) is 0.498. The topological polar surface area (TPSA) is 105 Å². The lowest BCUT2D eigenvalue weighted by molar-refractivity contribution is -0.128. The zero-order valence-corrected chi connectivity index (χ0v) is 12.8. The Morgan fingerprint density at radius 3 is 2.50 bits per heavy atom. The van der Waals surface area contributed by atoms with Gasteiger partial charge in [-0.25, -0.2) is 4.79 Å². The summed E-state index contributed by atoms with van der Waals surface area (Å²) >= 11 is 0. The van der Waals surface area contributed by atoms with Crippen molar-refractivity contribution in [3.05, 3.63) is 29.3 Å². The van der Waals surface area contributed by atoms with Crippen LogP contribution in [0.25, 0.3) is 0 Å². The third-order valence-electron chi connectivity index (χ3n) is 2.67. The number of aromatic hydroxyl groups is 1. The number of aryl methyl sites for hydroxylation is 1. The number of hydrogen-bond donors (Lipinski definition) is 3. The van der Waals surface area contributed by atoms with E-state index in [1.807, 2.05) is 0 Å². The van der Waals surface area contributed by atoms with Gasteiger partial charge in [0.2, 0.25) is 5.91 Å². The Hall–Kier alpha value is -2.57. The van der Waals surface area contributed by atoms with E-state index in [9.17, 15) is 19.5 Å². The van der Waals surface area contributed by atoms with Gasteiger partial charge in [0.15, 0.2) is 6.61 Å². The van der Waals surface area contributed by atoms with Crippen molar-refractivity contribution >= 4 is 17.8 Å². The van der Waals surface area contributed by atoms with Crippen molar-refractivity contribution < 1.29 is 24.2 Å². The van der Waals surface area contributed by atoms with Crippen molar-refractivity contribution in [1.29, 1.82) is 0 Å². The van der Waals surface area contributed by atoms with E-state index in [1.165, 1.54) is 12.1 Å². The van der Waals surface area contributed by atoms with Gasteiger partial charge in [-0.15, -0.1) is 0 Å². The molecule has 0 aliphatic heterocycles. The molecule has 0 heterocycles. The quantitative estimate of drug-likeness (QED) is 0.664. The van der Waals surface area contributed by atoms with Gasteiger partial charge in [-0.3, -0.25) is 9.59 Å². The highest BCUT2D eigenvalue weighted by Crippen LogP contribution is 2.17. The molecule has 7 heteroatoms. The van der Waals surface area contributed by atoms with Crippen LogP contribution in [0.1, 0.15) is 29.8 Å². The number of carbonyl (C=O) groups excluding carboxylic acids is 3. The van der Waals surface area contributed by atoms with E-state index in [4.69, 9.17) is 4.74 Å². The molecule has 0 saturated carbocycles. The number of esters is 1. The van der Waals surface area contributed by atoms with Crippen LogP contribution in [-0.4, -0.2) is 42.1 Å². The zero-order chi connectivity index (χ0) is 16.7. The molecule has 0 aromatic heterocycles. The zero-order valence-electron chi connectivity index (χ0n) is 12.8. The SMILES string of the molecule is Cc1ccc(C(=O)OCC(=O)NCC(=O)NC(C)C)cc1O. The van der Waals surface area contributed by atoms with Crippen LogP contribution in [0.4, 0.5) is 0 Å². The first-order valence-corrected chi connectivity index (χ1v) is 6.82. The number of nitrogens with one attached hydrogen (secondary N) is 2. The number of rotatable bonds is 6. The molecular formula is C15H20N2O5. The summed E-state index contributed by atoms with van der Waals surface area (Å²) in [5.41, 5.74) is 0.777. The van der Waals surface area contributed by atoms with Gasteiger partial charge in [0.25, 0.3) is 5.91 Å². The normalized spacial score (nSPS) is 10.2. The molecule has 1 rings (SSSR count). The van der Waals surface area contributed by atoms with E-state index in [-0.39, 0.29) is 29.8 Å². The van der Waals surface area contributed by atoms with E-state index in [2.05, 4.69) is 10.6 Å². The molecule has 0 bridgehead atoms. The molecule has 0 fully saturated rings. The molecule has 0 spiro atoms. The molecule has 0 aliphatic rings. The van der Waals surface area contributed by atoms with Crippen molar-refractivity contribution in [2.75, 3.05) is 13.2 Å². The van der Waals surface area contributed by atoms with E-state index in [0.717, 1.165) is 0 Å². The minimum atomic E-state index is -0.725. The summed E-state index contributed by atoms with van der Waals surface area (Å²) in [4.78, 5) is 34.5. The van der Waals surface area contributed by atoms with Gasteiger partial charge in [-0.1, -0.05) is 6.07 Å². The monoisotopic (exact) mass is 308 g/mol.